The van der Waals surface area contributed by atoms with E-state index in [4.69, 9.17) is 0 Å². The lowest BCUT2D eigenvalue weighted by molar-refractivity contribution is 0.310. The molecule has 68 valence electrons. The third-order valence-electron chi connectivity index (χ3n) is 1.21. The monoisotopic (exact) mass is 180 g/mol. The molecule has 0 saturated carbocycles. The molecular formula is C7H16O3S. The van der Waals surface area contributed by atoms with Gasteiger partial charge in [0.15, 0.2) is 0 Å². The maximum Gasteiger partial charge on any atom is 0.267 e. The molecule has 0 aliphatic carbocycles. The molecule has 0 bridgehead atoms. The van der Waals surface area contributed by atoms with Crippen LogP contribution in [0.1, 0.15) is 33.1 Å². The van der Waals surface area contributed by atoms with Gasteiger partial charge in [-0.25, -0.2) is 0 Å². The summed E-state index contributed by atoms with van der Waals surface area (Å²) < 4.78 is 26.4. The summed E-state index contributed by atoms with van der Waals surface area (Å²) in [5.74, 6) is 0.136. The molecule has 0 radical (unpaired) electrons. The molecular weight excluding hydrogens is 164 g/mol. The first-order valence-corrected chi connectivity index (χ1v) is 5.57. The second-order valence-electron chi connectivity index (χ2n) is 2.44. The van der Waals surface area contributed by atoms with Crippen LogP contribution in [0.2, 0.25) is 0 Å². The molecule has 11 heavy (non-hydrogen) atoms. The van der Waals surface area contributed by atoms with Gasteiger partial charge in [0.2, 0.25) is 0 Å². The zero-order valence-corrected chi connectivity index (χ0v) is 7.99. The van der Waals surface area contributed by atoms with E-state index in [0.29, 0.717) is 13.0 Å². The molecule has 0 aliphatic heterocycles. The van der Waals surface area contributed by atoms with Gasteiger partial charge in [0, 0.05) is 0 Å². The number of hydrogen-bond donors (Lipinski definition) is 0. The van der Waals surface area contributed by atoms with Gasteiger partial charge >= 0.3 is 0 Å². The summed E-state index contributed by atoms with van der Waals surface area (Å²) in [5, 5.41) is 0. The van der Waals surface area contributed by atoms with Gasteiger partial charge in [-0.15, -0.1) is 0 Å². The van der Waals surface area contributed by atoms with Gasteiger partial charge in [0.1, 0.15) is 0 Å². The lowest BCUT2D eigenvalue weighted by atomic mass is 10.4. The third-order valence-corrected chi connectivity index (χ3v) is 2.65. The summed E-state index contributed by atoms with van der Waals surface area (Å²) in [6.45, 7) is 4.15. The number of unbranched alkanes of at least 4 members (excludes halogenated alkanes) is 1. The fraction of sp³-hybridized carbons (Fsp3) is 1.00. The minimum absolute atomic E-state index is 0.136. The molecule has 0 fully saturated rings. The van der Waals surface area contributed by atoms with E-state index in [1.54, 1.807) is 0 Å². The van der Waals surface area contributed by atoms with E-state index in [0.717, 1.165) is 12.8 Å². The first-order chi connectivity index (χ1) is 5.12. The lowest BCUT2D eigenvalue weighted by Gasteiger charge is -2.01. The minimum Gasteiger partial charge on any atom is -0.270 e. The highest BCUT2D eigenvalue weighted by atomic mass is 32.2. The van der Waals surface area contributed by atoms with Crippen molar-refractivity contribution in [1.29, 1.82) is 0 Å². The van der Waals surface area contributed by atoms with E-state index in [-0.39, 0.29) is 5.75 Å². The fourth-order valence-corrected chi connectivity index (χ4v) is 1.63. The SMILES string of the molecule is CCCCOS(=O)(=O)CCC. The predicted octanol–water partition coefficient (Wildman–Crippen LogP) is 1.54. The van der Waals surface area contributed by atoms with Gasteiger partial charge in [-0.2, -0.15) is 8.42 Å². The van der Waals surface area contributed by atoms with Crippen molar-refractivity contribution in [1.82, 2.24) is 0 Å². The van der Waals surface area contributed by atoms with E-state index >= 15 is 0 Å². The normalized spacial score (nSPS) is 11.8. The molecule has 0 aromatic carbocycles. The van der Waals surface area contributed by atoms with Crippen LogP contribution in [0.4, 0.5) is 0 Å². The highest BCUT2D eigenvalue weighted by Gasteiger charge is 2.07. The van der Waals surface area contributed by atoms with Crippen LogP contribution >= 0.6 is 0 Å². The smallest absolute Gasteiger partial charge is 0.267 e. The van der Waals surface area contributed by atoms with Gasteiger partial charge in [0.25, 0.3) is 10.1 Å². The summed E-state index contributed by atoms with van der Waals surface area (Å²) in [6, 6.07) is 0. The maximum absolute atomic E-state index is 10.9. The fourth-order valence-electron chi connectivity index (χ4n) is 0.639. The molecule has 0 saturated heterocycles. The van der Waals surface area contributed by atoms with Crippen LogP contribution in [0.5, 0.6) is 0 Å². The quantitative estimate of drug-likeness (QED) is 0.460. The summed E-state index contributed by atoms with van der Waals surface area (Å²) in [5.41, 5.74) is 0. The predicted molar refractivity (Wildman–Crippen MR) is 44.9 cm³/mol. The Bertz CT molecular complexity index is 172. The molecule has 0 aliphatic rings. The van der Waals surface area contributed by atoms with Crippen LogP contribution in [0.25, 0.3) is 0 Å². The Labute approximate surface area is 68.9 Å². The Morgan fingerprint density at radius 3 is 2.27 bits per heavy atom. The van der Waals surface area contributed by atoms with Gasteiger partial charge in [0.05, 0.1) is 12.4 Å². The van der Waals surface area contributed by atoms with E-state index in [1.165, 1.54) is 0 Å². The molecule has 0 unspecified atom stereocenters. The maximum atomic E-state index is 10.9. The molecule has 0 aromatic rings. The second-order valence-corrected chi connectivity index (χ2v) is 4.20. The molecule has 0 amide bonds. The largest absolute Gasteiger partial charge is 0.270 e. The molecule has 4 heteroatoms. The van der Waals surface area contributed by atoms with Crippen LogP contribution in [-0.4, -0.2) is 20.8 Å². The Balaban J connectivity index is 3.56. The molecule has 3 nitrogen and oxygen atoms in total. The molecule has 0 heterocycles. The van der Waals surface area contributed by atoms with Crippen molar-refractivity contribution in [3.63, 3.8) is 0 Å². The Morgan fingerprint density at radius 1 is 1.18 bits per heavy atom. The summed E-state index contributed by atoms with van der Waals surface area (Å²) >= 11 is 0. The Morgan fingerprint density at radius 2 is 1.82 bits per heavy atom. The number of hydrogen-bond acceptors (Lipinski definition) is 3. The van der Waals surface area contributed by atoms with Crippen molar-refractivity contribution in [3.8, 4) is 0 Å². The standard InChI is InChI=1S/C7H16O3S/c1-3-5-6-10-11(8,9)7-4-2/h3-7H2,1-2H3. The van der Waals surface area contributed by atoms with Gasteiger partial charge in [-0.05, 0) is 12.8 Å². The third kappa shape index (κ3) is 6.31. The topological polar surface area (TPSA) is 43.4 Å². The van der Waals surface area contributed by atoms with Crippen molar-refractivity contribution in [2.45, 2.75) is 33.1 Å². The first-order valence-electron chi connectivity index (χ1n) is 3.99. The van der Waals surface area contributed by atoms with Crippen molar-refractivity contribution >= 4 is 10.1 Å². The second kappa shape index (κ2) is 5.55. The van der Waals surface area contributed by atoms with Crippen LogP contribution in [0, 0.1) is 0 Å². The Kier molecular flexibility index (Phi) is 5.50. The summed E-state index contributed by atoms with van der Waals surface area (Å²) in [7, 11) is -3.20. The summed E-state index contributed by atoms with van der Waals surface area (Å²) in [4.78, 5) is 0. The van der Waals surface area contributed by atoms with Crippen molar-refractivity contribution < 1.29 is 12.6 Å². The molecule has 0 atom stereocenters. The zero-order valence-electron chi connectivity index (χ0n) is 7.17. The van der Waals surface area contributed by atoms with Crippen molar-refractivity contribution in [3.05, 3.63) is 0 Å². The van der Waals surface area contributed by atoms with Crippen LogP contribution < -0.4 is 0 Å². The van der Waals surface area contributed by atoms with E-state index in [9.17, 15) is 8.42 Å². The molecule has 0 N–H and O–H groups in total. The minimum atomic E-state index is -3.20. The van der Waals surface area contributed by atoms with Gasteiger partial charge in [-0.3, -0.25) is 4.18 Å². The van der Waals surface area contributed by atoms with E-state index in [2.05, 4.69) is 4.18 Å². The van der Waals surface area contributed by atoms with E-state index in [1.807, 2.05) is 13.8 Å². The first kappa shape index (κ1) is 10.9. The van der Waals surface area contributed by atoms with Gasteiger partial charge < -0.3 is 0 Å². The average molecular weight is 180 g/mol. The van der Waals surface area contributed by atoms with Crippen LogP contribution in [0.15, 0.2) is 0 Å². The van der Waals surface area contributed by atoms with Gasteiger partial charge in [-0.1, -0.05) is 20.3 Å². The van der Waals surface area contributed by atoms with Crippen molar-refractivity contribution in [2.24, 2.45) is 0 Å². The molecule has 0 spiro atoms. The molecule has 0 rings (SSSR count). The van der Waals surface area contributed by atoms with Crippen LogP contribution in [0.3, 0.4) is 0 Å². The average Bonchev–Trinajstić information content (AvgIpc) is 1.87. The highest BCUT2D eigenvalue weighted by Crippen LogP contribution is 1.98. The molecule has 0 aromatic heterocycles. The van der Waals surface area contributed by atoms with Crippen molar-refractivity contribution in [2.75, 3.05) is 12.4 Å². The lowest BCUT2D eigenvalue weighted by Crippen LogP contribution is -2.10. The highest BCUT2D eigenvalue weighted by molar-refractivity contribution is 7.86. The summed E-state index contributed by atoms with van der Waals surface area (Å²) in [6.07, 6.45) is 2.39. The Hall–Kier alpha value is -0.0900. The number of rotatable bonds is 6. The van der Waals surface area contributed by atoms with E-state index < -0.39 is 10.1 Å². The van der Waals surface area contributed by atoms with Crippen LogP contribution in [-0.2, 0) is 14.3 Å². The zero-order chi connectivity index (χ0) is 8.74.